The smallest absolute Gasteiger partial charge is 0.0482 e. The maximum atomic E-state index is 2.52. The normalized spacial score (nSPS) is 15.0. The Labute approximate surface area is 119 Å². The number of aryl methyl sites for hydroxylation is 2. The zero-order valence-corrected chi connectivity index (χ0v) is 11.7. The molecule has 0 amide bonds. The fraction of sp³-hybridized carbons (Fsp3) is 0.263. The van der Waals surface area contributed by atoms with Crippen LogP contribution in [-0.2, 0) is 13.0 Å². The lowest BCUT2D eigenvalue weighted by molar-refractivity contribution is 0.648. The van der Waals surface area contributed by atoms with E-state index in [0.717, 1.165) is 0 Å². The molecule has 1 aromatic heterocycles. The molecule has 0 atom stereocenters. The van der Waals surface area contributed by atoms with E-state index in [1.54, 1.807) is 0 Å². The van der Waals surface area contributed by atoms with Crippen LogP contribution >= 0.6 is 0 Å². The van der Waals surface area contributed by atoms with Crippen LogP contribution in [0.1, 0.15) is 25.0 Å². The summed E-state index contributed by atoms with van der Waals surface area (Å²) in [7, 11) is 0. The topological polar surface area (TPSA) is 4.93 Å². The number of hydrogen-bond donors (Lipinski definition) is 0. The van der Waals surface area contributed by atoms with Crippen molar-refractivity contribution in [1.29, 1.82) is 0 Å². The molecule has 0 fully saturated rings. The van der Waals surface area contributed by atoms with Crippen LogP contribution in [0.5, 0.6) is 0 Å². The van der Waals surface area contributed by atoms with Gasteiger partial charge in [-0.1, -0.05) is 42.8 Å². The lowest BCUT2D eigenvalue weighted by atomic mass is 10.0. The van der Waals surface area contributed by atoms with Crippen molar-refractivity contribution in [3.05, 3.63) is 60.3 Å². The number of hydrogen-bond acceptors (Lipinski definition) is 0. The Kier molecular flexibility index (Phi) is 2.84. The van der Waals surface area contributed by atoms with E-state index < -0.39 is 0 Å². The summed E-state index contributed by atoms with van der Waals surface area (Å²) in [4.78, 5) is 0. The number of rotatable bonds is 1. The lowest BCUT2D eigenvalue weighted by Crippen LogP contribution is -1.98. The monoisotopic (exact) mass is 261 g/mol. The van der Waals surface area contributed by atoms with Crippen LogP contribution in [0.2, 0.25) is 0 Å². The summed E-state index contributed by atoms with van der Waals surface area (Å²) in [5.41, 5.74) is 5.54. The highest BCUT2D eigenvalue weighted by Gasteiger charge is 2.12. The predicted octanol–water partition coefficient (Wildman–Crippen LogP) is 5.03. The van der Waals surface area contributed by atoms with Gasteiger partial charge in [0, 0.05) is 23.1 Å². The van der Waals surface area contributed by atoms with E-state index in [4.69, 9.17) is 0 Å². The molecule has 4 rings (SSSR count). The summed E-state index contributed by atoms with van der Waals surface area (Å²) in [5, 5.41) is 1.39. The van der Waals surface area contributed by atoms with E-state index in [2.05, 4.69) is 59.2 Å². The molecule has 3 aromatic rings. The van der Waals surface area contributed by atoms with Gasteiger partial charge < -0.3 is 4.57 Å². The zero-order valence-electron chi connectivity index (χ0n) is 11.7. The van der Waals surface area contributed by atoms with Crippen molar-refractivity contribution < 1.29 is 0 Å². The van der Waals surface area contributed by atoms with Crippen LogP contribution in [0.15, 0.2) is 54.6 Å². The van der Waals surface area contributed by atoms with Crippen LogP contribution in [0, 0.1) is 0 Å². The molecule has 0 unspecified atom stereocenters. The molecule has 1 nitrogen and oxygen atoms in total. The van der Waals surface area contributed by atoms with Gasteiger partial charge in [0.25, 0.3) is 0 Å². The SMILES string of the molecule is c1ccc(-c2ccc3c(c2)cc2n3CCCCC2)cc1. The molecule has 0 spiro atoms. The van der Waals surface area contributed by atoms with Crippen molar-refractivity contribution in [2.75, 3.05) is 0 Å². The molecular formula is C19H19N. The molecule has 2 aromatic carbocycles. The van der Waals surface area contributed by atoms with Crippen molar-refractivity contribution in [1.82, 2.24) is 4.57 Å². The van der Waals surface area contributed by atoms with Gasteiger partial charge in [0.15, 0.2) is 0 Å². The summed E-state index contributed by atoms with van der Waals surface area (Å²) in [6.45, 7) is 1.18. The average molecular weight is 261 g/mol. The molecule has 0 aliphatic carbocycles. The molecule has 1 heteroatoms. The zero-order chi connectivity index (χ0) is 13.4. The van der Waals surface area contributed by atoms with Crippen LogP contribution in [0.25, 0.3) is 22.0 Å². The minimum atomic E-state index is 1.18. The summed E-state index contributed by atoms with van der Waals surface area (Å²) < 4.78 is 2.52. The van der Waals surface area contributed by atoms with E-state index in [-0.39, 0.29) is 0 Å². The Bertz CT molecular complexity index is 737. The van der Waals surface area contributed by atoms with Gasteiger partial charge in [-0.2, -0.15) is 0 Å². The average Bonchev–Trinajstić information content (AvgIpc) is 2.68. The van der Waals surface area contributed by atoms with Gasteiger partial charge in [-0.15, -0.1) is 0 Å². The highest BCUT2D eigenvalue weighted by atomic mass is 15.0. The largest absolute Gasteiger partial charge is 0.345 e. The maximum absolute atomic E-state index is 2.52. The van der Waals surface area contributed by atoms with Gasteiger partial charge in [0.2, 0.25) is 0 Å². The van der Waals surface area contributed by atoms with Crippen LogP contribution in [-0.4, -0.2) is 4.57 Å². The lowest BCUT2D eigenvalue weighted by Gasteiger charge is -2.07. The van der Waals surface area contributed by atoms with Crippen LogP contribution in [0.3, 0.4) is 0 Å². The molecule has 1 aliphatic rings. The first-order chi connectivity index (χ1) is 9.92. The molecule has 0 saturated carbocycles. The van der Waals surface area contributed by atoms with E-state index in [1.807, 2.05) is 0 Å². The van der Waals surface area contributed by atoms with Crippen LogP contribution in [0.4, 0.5) is 0 Å². The van der Waals surface area contributed by atoms with E-state index in [1.165, 1.54) is 60.0 Å². The second kappa shape index (κ2) is 4.82. The quantitative estimate of drug-likeness (QED) is 0.578. The Hall–Kier alpha value is -2.02. The third kappa shape index (κ3) is 1.94. The van der Waals surface area contributed by atoms with Gasteiger partial charge in [-0.3, -0.25) is 0 Å². The van der Waals surface area contributed by atoms with Crippen molar-refractivity contribution in [2.45, 2.75) is 32.2 Å². The van der Waals surface area contributed by atoms with E-state index >= 15 is 0 Å². The molecule has 0 radical (unpaired) electrons. The predicted molar refractivity (Wildman–Crippen MR) is 84.9 cm³/mol. The third-order valence-corrected chi connectivity index (χ3v) is 4.41. The van der Waals surface area contributed by atoms with Crippen molar-refractivity contribution in [3.63, 3.8) is 0 Å². The molecule has 2 heterocycles. The number of fused-ring (bicyclic) bond motifs is 3. The van der Waals surface area contributed by atoms with Crippen molar-refractivity contribution in [2.24, 2.45) is 0 Å². The molecule has 1 aliphatic heterocycles. The highest BCUT2D eigenvalue weighted by molar-refractivity contribution is 5.86. The number of benzene rings is 2. The minimum absolute atomic E-state index is 1.18. The molecule has 0 bridgehead atoms. The van der Waals surface area contributed by atoms with Gasteiger partial charge >= 0.3 is 0 Å². The van der Waals surface area contributed by atoms with Crippen molar-refractivity contribution in [3.8, 4) is 11.1 Å². The van der Waals surface area contributed by atoms with E-state index in [0.29, 0.717) is 0 Å². The Morgan fingerprint density at radius 2 is 1.65 bits per heavy atom. The van der Waals surface area contributed by atoms with Gasteiger partial charge in [-0.05, 0) is 48.6 Å². The van der Waals surface area contributed by atoms with Gasteiger partial charge in [-0.25, -0.2) is 0 Å². The Balaban J connectivity index is 1.85. The van der Waals surface area contributed by atoms with Gasteiger partial charge in [0.05, 0.1) is 0 Å². The van der Waals surface area contributed by atoms with Crippen molar-refractivity contribution >= 4 is 10.9 Å². The summed E-state index contributed by atoms with van der Waals surface area (Å²) in [6.07, 6.45) is 5.25. The molecule has 20 heavy (non-hydrogen) atoms. The second-order valence-corrected chi connectivity index (χ2v) is 5.74. The first-order valence-electron chi connectivity index (χ1n) is 7.59. The standard InChI is InChI=1S/C19H19N/c1-3-7-15(8-4-1)16-10-11-19-17(13-16)14-18-9-5-2-6-12-20(18)19/h1,3-4,7-8,10-11,13-14H,2,5-6,9,12H2. The molecule has 0 N–H and O–H groups in total. The fourth-order valence-electron chi connectivity index (χ4n) is 3.36. The summed E-state index contributed by atoms with van der Waals surface area (Å²) in [5.74, 6) is 0. The number of aromatic nitrogens is 1. The number of nitrogens with zero attached hydrogens (tertiary/aromatic N) is 1. The molecule has 100 valence electrons. The second-order valence-electron chi connectivity index (χ2n) is 5.74. The third-order valence-electron chi connectivity index (χ3n) is 4.41. The first kappa shape index (κ1) is 11.8. The minimum Gasteiger partial charge on any atom is -0.345 e. The summed E-state index contributed by atoms with van der Waals surface area (Å²) >= 11 is 0. The molecular weight excluding hydrogens is 242 g/mol. The highest BCUT2D eigenvalue weighted by Crippen LogP contribution is 2.29. The van der Waals surface area contributed by atoms with Gasteiger partial charge in [0.1, 0.15) is 0 Å². The molecule has 0 saturated heterocycles. The summed E-state index contributed by atoms with van der Waals surface area (Å²) in [6, 6.07) is 19.9. The van der Waals surface area contributed by atoms with Crippen LogP contribution < -0.4 is 0 Å². The Morgan fingerprint density at radius 1 is 0.750 bits per heavy atom. The van der Waals surface area contributed by atoms with E-state index in [9.17, 15) is 0 Å². The Morgan fingerprint density at radius 3 is 2.55 bits per heavy atom. The fourth-order valence-corrected chi connectivity index (χ4v) is 3.36. The first-order valence-corrected chi connectivity index (χ1v) is 7.59. The maximum Gasteiger partial charge on any atom is 0.0482 e.